The molecule has 1 aliphatic carbocycles. The molecule has 0 saturated heterocycles. The lowest BCUT2D eigenvalue weighted by Crippen LogP contribution is -2.35. The van der Waals surface area contributed by atoms with Crippen LogP contribution in [-0.4, -0.2) is 26.8 Å². The Morgan fingerprint density at radius 3 is 2.15 bits per heavy atom. The van der Waals surface area contributed by atoms with Gasteiger partial charge in [0.2, 0.25) is 17.7 Å². The molecule has 0 bridgehead atoms. The van der Waals surface area contributed by atoms with Gasteiger partial charge in [0.05, 0.1) is 5.52 Å². The van der Waals surface area contributed by atoms with Crippen LogP contribution in [0.3, 0.4) is 0 Å². The van der Waals surface area contributed by atoms with E-state index in [1.807, 2.05) is 6.07 Å². The van der Waals surface area contributed by atoms with Crippen LogP contribution in [0.1, 0.15) is 12.8 Å². The number of nitrogens with one attached hydrogen (secondary N) is 2. The van der Waals surface area contributed by atoms with Crippen molar-refractivity contribution in [3.63, 3.8) is 0 Å². The van der Waals surface area contributed by atoms with E-state index in [1.54, 1.807) is 30.5 Å². The first-order chi connectivity index (χ1) is 16.4. The average molecular weight is 522 g/mol. The molecule has 0 radical (unpaired) electrons. The Morgan fingerprint density at radius 1 is 0.912 bits per heavy atom. The van der Waals surface area contributed by atoms with E-state index in [1.165, 1.54) is 30.6 Å². The fourth-order valence-electron chi connectivity index (χ4n) is 3.41. The van der Waals surface area contributed by atoms with Crippen molar-refractivity contribution in [1.29, 1.82) is 0 Å². The van der Waals surface area contributed by atoms with Gasteiger partial charge in [-0.2, -0.15) is 4.98 Å². The number of benzene rings is 2. The van der Waals surface area contributed by atoms with Crippen molar-refractivity contribution < 1.29 is 18.7 Å². The first-order valence-electron chi connectivity index (χ1n) is 10.4. The number of hydrogen-bond donors (Lipinski definition) is 2. The number of aromatic nitrogens is 3. The van der Waals surface area contributed by atoms with Gasteiger partial charge in [-0.1, -0.05) is 0 Å². The summed E-state index contributed by atoms with van der Waals surface area (Å²) in [5.74, 6) is -0.396. The van der Waals surface area contributed by atoms with E-state index in [4.69, 9.17) is 4.74 Å². The number of amides is 2. The number of carbonyl (C=O) groups is 2. The SMILES string of the molecule is O=C(Nc1ccc(F)cc1)C1(C(=O)Nc2ccc(Oc3ncnc4cc(Br)cnc34)cc2)CC1. The van der Waals surface area contributed by atoms with Crippen LogP contribution < -0.4 is 15.4 Å². The molecule has 1 fully saturated rings. The number of ether oxygens (including phenoxy) is 1. The van der Waals surface area contributed by atoms with Gasteiger partial charge in [0, 0.05) is 22.0 Å². The molecule has 8 nitrogen and oxygen atoms in total. The van der Waals surface area contributed by atoms with Crippen LogP contribution in [0.5, 0.6) is 11.6 Å². The molecule has 10 heteroatoms. The molecular formula is C24H17BrFN5O3. The number of pyridine rings is 1. The average Bonchev–Trinajstić information content (AvgIpc) is 3.64. The maximum Gasteiger partial charge on any atom is 0.249 e. The highest BCUT2D eigenvalue weighted by atomic mass is 79.9. The molecule has 0 unspecified atom stereocenters. The summed E-state index contributed by atoms with van der Waals surface area (Å²) in [6.07, 6.45) is 3.91. The van der Waals surface area contributed by atoms with Crippen molar-refractivity contribution in [2.75, 3.05) is 10.6 Å². The molecule has 34 heavy (non-hydrogen) atoms. The van der Waals surface area contributed by atoms with E-state index < -0.39 is 23.0 Å². The van der Waals surface area contributed by atoms with E-state index in [0.29, 0.717) is 46.9 Å². The maximum atomic E-state index is 13.1. The van der Waals surface area contributed by atoms with Crippen molar-refractivity contribution in [3.8, 4) is 11.6 Å². The van der Waals surface area contributed by atoms with Gasteiger partial charge >= 0.3 is 0 Å². The maximum absolute atomic E-state index is 13.1. The molecule has 2 aromatic carbocycles. The highest BCUT2D eigenvalue weighted by Gasteiger charge is 2.56. The summed E-state index contributed by atoms with van der Waals surface area (Å²) in [6.45, 7) is 0. The Kier molecular flexibility index (Phi) is 5.66. The molecule has 0 aliphatic heterocycles. The molecule has 2 aromatic heterocycles. The number of hydrogen-bond acceptors (Lipinski definition) is 6. The number of fused-ring (bicyclic) bond motifs is 1. The molecule has 1 saturated carbocycles. The van der Waals surface area contributed by atoms with E-state index >= 15 is 0 Å². The normalized spacial score (nSPS) is 13.8. The van der Waals surface area contributed by atoms with Crippen LogP contribution >= 0.6 is 15.9 Å². The summed E-state index contributed by atoms with van der Waals surface area (Å²) in [6, 6.07) is 13.9. The third kappa shape index (κ3) is 4.44. The number of nitrogens with zero attached hydrogens (tertiary/aromatic N) is 3. The molecule has 4 aromatic rings. The van der Waals surface area contributed by atoms with Gasteiger partial charge in [-0.25, -0.2) is 14.4 Å². The van der Waals surface area contributed by atoms with E-state index in [-0.39, 0.29) is 0 Å². The summed E-state index contributed by atoms with van der Waals surface area (Å²) in [5, 5.41) is 5.47. The van der Waals surface area contributed by atoms with Crippen molar-refractivity contribution >= 4 is 50.2 Å². The van der Waals surface area contributed by atoms with Gasteiger partial charge in [-0.05, 0) is 83.4 Å². The van der Waals surface area contributed by atoms with Crippen LogP contribution in [-0.2, 0) is 9.59 Å². The van der Waals surface area contributed by atoms with Crippen LogP contribution in [0.2, 0.25) is 0 Å². The lowest BCUT2D eigenvalue weighted by Gasteiger charge is -2.16. The second-order valence-corrected chi connectivity index (χ2v) is 8.74. The summed E-state index contributed by atoms with van der Waals surface area (Å²) >= 11 is 3.36. The standard InChI is InChI=1S/C24H17BrFN5O3/c25-14-11-19-20(27-12-14)21(29-13-28-19)34-18-7-5-17(6-8-18)31-23(33)24(9-10-24)22(32)30-16-3-1-15(26)2-4-16/h1-8,11-13H,9-10H2,(H,30,32)(H,31,33). The first kappa shape index (κ1) is 21.9. The quantitative estimate of drug-likeness (QED) is 0.343. The minimum Gasteiger partial charge on any atom is -0.437 e. The minimum atomic E-state index is -1.14. The largest absolute Gasteiger partial charge is 0.437 e. The Morgan fingerprint density at radius 2 is 1.53 bits per heavy atom. The van der Waals surface area contributed by atoms with Crippen LogP contribution in [0.25, 0.3) is 11.0 Å². The molecule has 0 spiro atoms. The number of rotatable bonds is 6. The van der Waals surface area contributed by atoms with Gasteiger partial charge in [-0.3, -0.25) is 9.59 Å². The lowest BCUT2D eigenvalue weighted by atomic mass is 10.0. The van der Waals surface area contributed by atoms with Crippen LogP contribution in [0.4, 0.5) is 15.8 Å². The number of anilines is 2. The van der Waals surface area contributed by atoms with Crippen molar-refractivity contribution in [2.45, 2.75) is 12.8 Å². The van der Waals surface area contributed by atoms with Gasteiger partial charge in [0.25, 0.3) is 0 Å². The Balaban J connectivity index is 1.25. The Labute approximate surface area is 201 Å². The minimum absolute atomic E-state index is 0.309. The summed E-state index contributed by atoms with van der Waals surface area (Å²) < 4.78 is 19.7. The highest BCUT2D eigenvalue weighted by Crippen LogP contribution is 2.47. The van der Waals surface area contributed by atoms with Crippen molar-refractivity contribution in [3.05, 3.63) is 77.4 Å². The zero-order valence-electron chi connectivity index (χ0n) is 17.6. The highest BCUT2D eigenvalue weighted by molar-refractivity contribution is 9.10. The van der Waals surface area contributed by atoms with Crippen LogP contribution in [0.15, 0.2) is 71.6 Å². The van der Waals surface area contributed by atoms with Gasteiger partial charge < -0.3 is 15.4 Å². The van der Waals surface area contributed by atoms with Gasteiger partial charge in [0.1, 0.15) is 23.3 Å². The topological polar surface area (TPSA) is 106 Å². The molecule has 170 valence electrons. The van der Waals surface area contributed by atoms with Crippen LogP contribution in [0, 0.1) is 11.2 Å². The third-order valence-corrected chi connectivity index (χ3v) is 5.89. The number of halogens is 2. The van der Waals surface area contributed by atoms with Crippen molar-refractivity contribution in [2.24, 2.45) is 5.41 Å². The van der Waals surface area contributed by atoms with E-state index in [9.17, 15) is 14.0 Å². The fourth-order valence-corrected chi connectivity index (χ4v) is 3.73. The second-order valence-electron chi connectivity index (χ2n) is 7.82. The van der Waals surface area contributed by atoms with Gasteiger partial charge in [0.15, 0.2) is 5.52 Å². The molecule has 2 amide bonds. The summed E-state index contributed by atoms with van der Waals surface area (Å²) in [4.78, 5) is 38.2. The second kappa shape index (κ2) is 8.79. The molecule has 2 N–H and O–H groups in total. The monoisotopic (exact) mass is 521 g/mol. The smallest absolute Gasteiger partial charge is 0.249 e. The molecular weight excluding hydrogens is 505 g/mol. The van der Waals surface area contributed by atoms with Crippen molar-refractivity contribution in [1.82, 2.24) is 15.0 Å². The first-order valence-corrected chi connectivity index (χ1v) is 11.1. The molecule has 2 heterocycles. The lowest BCUT2D eigenvalue weighted by molar-refractivity contribution is -0.131. The Bertz CT molecular complexity index is 1390. The molecule has 1 aliphatic rings. The zero-order valence-corrected chi connectivity index (χ0v) is 19.2. The van der Waals surface area contributed by atoms with E-state index in [0.717, 1.165) is 4.47 Å². The summed E-state index contributed by atoms with van der Waals surface area (Å²) in [7, 11) is 0. The predicted molar refractivity (Wildman–Crippen MR) is 127 cm³/mol. The Hall–Kier alpha value is -3.92. The van der Waals surface area contributed by atoms with Gasteiger partial charge in [-0.15, -0.1) is 0 Å². The molecule has 5 rings (SSSR count). The zero-order chi connectivity index (χ0) is 23.7. The fraction of sp³-hybridized carbons (Fsp3) is 0.125. The van der Waals surface area contributed by atoms with E-state index in [2.05, 4.69) is 41.5 Å². The summed E-state index contributed by atoms with van der Waals surface area (Å²) in [5.41, 5.74) is 0.977. The number of carbonyl (C=O) groups excluding carboxylic acids is 2. The molecule has 0 atom stereocenters. The third-order valence-electron chi connectivity index (χ3n) is 5.46. The predicted octanol–water partition coefficient (Wildman–Crippen LogP) is 5.08.